The second-order valence-electron chi connectivity index (χ2n) is 25.9. The number of ketones is 8. The quantitative estimate of drug-likeness (QED) is 0.0906. The smallest absolute Gasteiger partial charge is 0.244 e. The largest absolute Gasteiger partial charge is 1.00 e. The van der Waals surface area contributed by atoms with Crippen molar-refractivity contribution < 1.29 is 81.5 Å². The van der Waals surface area contributed by atoms with Crippen molar-refractivity contribution in [2.75, 3.05) is 10.7 Å². The molecule has 16 nitrogen and oxygen atoms in total. The Morgan fingerprint density at radius 2 is 0.712 bits per heavy atom. The maximum absolute atomic E-state index is 13.3. The Labute approximate surface area is 683 Å². The second-order valence-corrected chi connectivity index (χ2v) is 27.8. The van der Waals surface area contributed by atoms with Crippen LogP contribution in [0.4, 0.5) is 0 Å². The van der Waals surface area contributed by atoms with E-state index in [0.717, 1.165) is 36.3 Å². The SMILES string of the molecule is BrCCc1ccc2ccccc2c1.C.C.CCBr.CCC[n+]1cn(CCc2ccc3ccccc3c2)c2c1C(=O)c1ccccc1C2=O.CCn1c[n+](CCc2ccc3ccccc3c2)c2c1C(=O)c1ccccc1C2=O.CCn1cnc2c1C(=O)c1ccccc1C2=O.O=C1c2ccccc2C(=O)c2[nH]cnc21.[Br-].[Br-]. The summed E-state index contributed by atoms with van der Waals surface area (Å²) in [5, 5.41) is 9.61. The Balaban J connectivity index is 0.000000162. The molecule has 111 heavy (non-hydrogen) atoms. The van der Waals surface area contributed by atoms with Crippen LogP contribution in [0.5, 0.6) is 0 Å². The summed E-state index contributed by atoms with van der Waals surface area (Å²) in [5.74, 6) is -0.898. The third-order valence-electron chi connectivity index (χ3n) is 19.3. The van der Waals surface area contributed by atoms with Crippen molar-refractivity contribution in [1.82, 2.24) is 28.7 Å². The number of aromatic amines is 1. The standard InChI is InChI=1S/C26H23N2O2.C25H21N2O2.C13H10N2O2.C12H11Br.C11H6N2O2.C2H5Br.2CH4.2BrH/c1-2-14-27-17-28(15-13-18-11-12-19-7-3-4-8-20(19)16-18)24-23(27)25(29)21-9-5-6-10-22(21)26(24)30;1-2-26-16-27(14-13-17-11-12-18-7-3-4-8-19(18)15-17)23-22(26)24(28)20-9-5-6-10-21(20)25(23)29;1-2-15-7-14-10-11(15)13(17)9-6-4-3-5-8(9)12(10)16;13-8-7-10-5-6-11-3-1-2-4-12(11)9-10;14-10-6-3-1-2-4-7(6)11(15)9-8(10)12-5-13-9;1-2-3;;;;/h3-12,16-17H,2,13-15H2,1H3;3-12,15-16H,2,13-14H2,1H3;3-7H,2H2,1H3;1-6,9H,7-8H2;1-5H,(H,12,13);2H2,1H3;2*1H4;2*1H/q2*+1;;;;;;;;/p-2. The van der Waals surface area contributed by atoms with Crippen molar-refractivity contribution in [3.05, 3.63) is 357 Å². The number of alkyl halides is 2. The molecule has 10 aromatic carbocycles. The predicted octanol–water partition coefficient (Wildman–Crippen LogP) is 11.6. The lowest BCUT2D eigenvalue weighted by molar-refractivity contribution is -0.698. The molecule has 4 heterocycles. The van der Waals surface area contributed by atoms with Gasteiger partial charge in [0.2, 0.25) is 81.7 Å². The lowest BCUT2D eigenvalue weighted by atomic mass is 9.90. The summed E-state index contributed by atoms with van der Waals surface area (Å²) in [7, 11) is 0. The molecule has 0 unspecified atom stereocenters. The number of fused-ring (bicyclic) bond motifs is 11. The molecule has 0 radical (unpaired) electrons. The Bertz CT molecular complexity index is 5780. The van der Waals surface area contributed by atoms with E-state index in [2.05, 4.69) is 157 Å². The molecule has 0 atom stereocenters. The fraction of sp³-hybridized carbons (Fsp3) is 0.187. The molecule has 0 amide bonds. The first kappa shape index (κ1) is 84.1. The summed E-state index contributed by atoms with van der Waals surface area (Å²) >= 11 is 6.60. The summed E-state index contributed by atoms with van der Waals surface area (Å²) in [4.78, 5) is 112. The van der Waals surface area contributed by atoms with Gasteiger partial charge in [-0.1, -0.05) is 285 Å². The third kappa shape index (κ3) is 17.3. The lowest BCUT2D eigenvalue weighted by Gasteiger charge is -2.14. The van der Waals surface area contributed by atoms with Gasteiger partial charge in [0.15, 0.2) is 0 Å². The minimum absolute atomic E-state index is 0. The summed E-state index contributed by atoms with van der Waals surface area (Å²) in [6, 6.07) is 72.6. The number of aryl methyl sites for hydroxylation is 8. The number of rotatable bonds is 12. The molecule has 4 aliphatic carbocycles. The molecule has 14 aromatic rings. The van der Waals surface area contributed by atoms with Crippen molar-refractivity contribution >= 4 is 110 Å². The Morgan fingerprint density at radius 1 is 0.360 bits per heavy atom. The van der Waals surface area contributed by atoms with Crippen LogP contribution in [0.3, 0.4) is 0 Å². The fourth-order valence-electron chi connectivity index (χ4n) is 14.1. The lowest BCUT2D eigenvalue weighted by Crippen LogP contribution is -3.00. The number of hydrogen-bond acceptors (Lipinski definition) is 10. The number of carbonyl (C=O) groups excluding carboxylic acids is 8. The average molecular weight is 1740 g/mol. The van der Waals surface area contributed by atoms with Crippen molar-refractivity contribution in [3.8, 4) is 0 Å². The molecule has 564 valence electrons. The number of carbonyl (C=O) groups is 8. The van der Waals surface area contributed by atoms with Gasteiger partial charge >= 0.3 is 0 Å². The van der Waals surface area contributed by atoms with Crippen LogP contribution in [0.1, 0.15) is 194 Å². The first-order valence-corrected chi connectivity index (χ1v) is 38.0. The fourth-order valence-corrected chi connectivity index (χ4v) is 14.5. The van der Waals surface area contributed by atoms with Gasteiger partial charge in [-0.05, 0) is 75.7 Å². The molecule has 0 aliphatic heterocycles. The molecule has 0 saturated carbocycles. The highest BCUT2D eigenvalue weighted by Gasteiger charge is 2.43. The molecule has 1 N–H and O–H groups in total. The summed E-state index contributed by atoms with van der Waals surface area (Å²) in [6.07, 6.45) is 10.3. The third-order valence-corrected chi connectivity index (χ3v) is 19.7. The summed E-state index contributed by atoms with van der Waals surface area (Å²) in [5.41, 5.74) is 10.9. The van der Waals surface area contributed by atoms with E-state index in [4.69, 9.17) is 0 Å². The highest BCUT2D eigenvalue weighted by Crippen LogP contribution is 2.31. The molecular weight excluding hydrogens is 1650 g/mol. The monoisotopic (exact) mass is 1730 g/mol. The van der Waals surface area contributed by atoms with Gasteiger partial charge in [0.05, 0.1) is 38.8 Å². The summed E-state index contributed by atoms with van der Waals surface area (Å²) in [6.45, 7) is 11.3. The van der Waals surface area contributed by atoms with Crippen LogP contribution in [0.25, 0.3) is 32.3 Å². The van der Waals surface area contributed by atoms with Gasteiger partial charge in [0.25, 0.3) is 0 Å². The zero-order valence-electron chi connectivity index (χ0n) is 60.4. The second kappa shape index (κ2) is 38.2. The molecule has 0 bridgehead atoms. The van der Waals surface area contributed by atoms with Gasteiger partial charge in [-0.15, -0.1) is 0 Å². The van der Waals surface area contributed by atoms with Gasteiger partial charge in [-0.25, -0.2) is 28.2 Å². The molecule has 20 heteroatoms. The number of imidazole rings is 4. The van der Waals surface area contributed by atoms with E-state index >= 15 is 0 Å². The molecule has 4 aromatic heterocycles. The first-order chi connectivity index (χ1) is 52.2. The average Bonchev–Trinajstić information content (AvgIpc) is 1.63. The highest BCUT2D eigenvalue weighted by atomic mass is 79.9. The van der Waals surface area contributed by atoms with Crippen molar-refractivity contribution in [2.24, 2.45) is 0 Å². The van der Waals surface area contributed by atoms with E-state index in [1.165, 1.54) is 55.3 Å². The Morgan fingerprint density at radius 3 is 1.14 bits per heavy atom. The molecule has 0 spiro atoms. The molecule has 18 rings (SSSR count). The number of hydrogen-bond donors (Lipinski definition) is 1. The Kier molecular flexibility index (Phi) is 28.9. The number of aromatic nitrogens is 8. The molecule has 0 saturated heterocycles. The van der Waals surface area contributed by atoms with Crippen LogP contribution in [0, 0.1) is 0 Å². The van der Waals surface area contributed by atoms with Crippen LogP contribution < -0.4 is 43.1 Å². The van der Waals surface area contributed by atoms with E-state index < -0.39 is 0 Å². The van der Waals surface area contributed by atoms with Crippen LogP contribution in [-0.4, -0.2) is 85.6 Å². The normalized spacial score (nSPS) is 12.1. The van der Waals surface area contributed by atoms with E-state index in [1.54, 1.807) is 83.7 Å². The van der Waals surface area contributed by atoms with Crippen LogP contribution in [0.2, 0.25) is 0 Å². The number of benzene rings is 10. The topological polar surface area (TPSA) is 201 Å². The van der Waals surface area contributed by atoms with Crippen molar-refractivity contribution in [3.63, 3.8) is 0 Å². The number of halogens is 4. The van der Waals surface area contributed by atoms with Gasteiger partial charge in [0, 0.05) is 74.6 Å². The zero-order valence-corrected chi connectivity index (χ0v) is 66.7. The highest BCUT2D eigenvalue weighted by molar-refractivity contribution is 9.09. The van der Waals surface area contributed by atoms with Crippen LogP contribution in [-0.2, 0) is 52.0 Å². The van der Waals surface area contributed by atoms with E-state index in [-0.39, 0.29) is 106 Å². The molecular formula is C91H84Br4N8O8. The predicted molar refractivity (Wildman–Crippen MR) is 435 cm³/mol. The van der Waals surface area contributed by atoms with Crippen molar-refractivity contribution in [1.29, 1.82) is 0 Å². The minimum Gasteiger partial charge on any atom is -1.00 e. The van der Waals surface area contributed by atoms with Gasteiger partial charge < -0.3 is 43.5 Å². The molecule has 4 aliphatic rings. The van der Waals surface area contributed by atoms with E-state index in [9.17, 15) is 38.4 Å². The van der Waals surface area contributed by atoms with E-state index in [1.807, 2.05) is 100 Å². The maximum Gasteiger partial charge on any atom is 0.244 e. The van der Waals surface area contributed by atoms with Gasteiger partial charge in [0.1, 0.15) is 22.8 Å². The minimum atomic E-state index is -0.193. The van der Waals surface area contributed by atoms with Crippen molar-refractivity contribution in [2.45, 2.75) is 101 Å². The number of nitrogens with zero attached hydrogens (tertiary/aromatic N) is 7. The first-order valence-electron chi connectivity index (χ1n) is 35.8. The van der Waals surface area contributed by atoms with Gasteiger partial charge in [-0.2, -0.15) is 0 Å². The summed E-state index contributed by atoms with van der Waals surface area (Å²) < 4.78 is 9.48. The zero-order chi connectivity index (χ0) is 74.8. The maximum atomic E-state index is 13.3. The number of nitrogens with one attached hydrogen (secondary N) is 1. The Hall–Kier alpha value is -10.9. The van der Waals surface area contributed by atoms with Crippen LogP contribution >= 0.6 is 31.9 Å². The van der Waals surface area contributed by atoms with Gasteiger partial charge in [-0.3, -0.25) is 38.4 Å². The van der Waals surface area contributed by atoms with E-state index in [0.29, 0.717) is 111 Å². The van der Waals surface area contributed by atoms with Crippen LogP contribution in [0.15, 0.2) is 250 Å². The molecule has 0 fully saturated rings. The number of H-pyrrole nitrogens is 1.